The van der Waals surface area contributed by atoms with Gasteiger partial charge >= 0.3 is 0 Å². The molecule has 2 aromatic carbocycles. The van der Waals surface area contributed by atoms with E-state index in [9.17, 15) is 9.50 Å². The van der Waals surface area contributed by atoms with E-state index in [1.165, 1.54) is 12.1 Å². The van der Waals surface area contributed by atoms with Gasteiger partial charge in [0.25, 0.3) is 0 Å². The van der Waals surface area contributed by atoms with Gasteiger partial charge in [-0.15, -0.1) is 0 Å². The first-order chi connectivity index (χ1) is 9.67. The lowest BCUT2D eigenvalue weighted by atomic mass is 10.0. The van der Waals surface area contributed by atoms with Crippen LogP contribution >= 0.6 is 0 Å². The molecule has 0 spiro atoms. The number of anilines is 2. The van der Waals surface area contributed by atoms with E-state index in [1.54, 1.807) is 12.1 Å². The summed E-state index contributed by atoms with van der Waals surface area (Å²) in [6.07, 6.45) is 0.179. The SMILES string of the molecule is CC[C@@H](O)c1ccccc1N(CC)c1ccc(F)cc1. The van der Waals surface area contributed by atoms with Crippen LogP contribution in [0, 0.1) is 5.82 Å². The summed E-state index contributed by atoms with van der Waals surface area (Å²) in [5, 5.41) is 10.2. The van der Waals surface area contributed by atoms with Crippen LogP contribution in [-0.4, -0.2) is 11.7 Å². The van der Waals surface area contributed by atoms with Gasteiger partial charge in [-0.25, -0.2) is 4.39 Å². The van der Waals surface area contributed by atoms with E-state index in [0.717, 1.165) is 23.5 Å². The molecule has 2 nitrogen and oxygen atoms in total. The number of hydrogen-bond acceptors (Lipinski definition) is 2. The highest BCUT2D eigenvalue weighted by Gasteiger charge is 2.15. The molecule has 3 heteroatoms. The van der Waals surface area contributed by atoms with Crippen molar-refractivity contribution in [3.8, 4) is 0 Å². The van der Waals surface area contributed by atoms with Gasteiger partial charge in [0.2, 0.25) is 0 Å². The second kappa shape index (κ2) is 6.53. The molecule has 1 N–H and O–H groups in total. The van der Waals surface area contributed by atoms with Crippen LogP contribution in [0.4, 0.5) is 15.8 Å². The Bertz CT molecular complexity index is 553. The predicted octanol–water partition coefficient (Wildman–Crippen LogP) is 4.43. The molecule has 0 heterocycles. The summed E-state index contributed by atoms with van der Waals surface area (Å²) in [5.41, 5.74) is 2.79. The van der Waals surface area contributed by atoms with Crippen LogP contribution < -0.4 is 4.90 Å². The van der Waals surface area contributed by atoms with E-state index >= 15 is 0 Å². The fourth-order valence-electron chi connectivity index (χ4n) is 2.35. The first kappa shape index (κ1) is 14.5. The Kier molecular flexibility index (Phi) is 4.74. The Morgan fingerprint density at radius 2 is 1.70 bits per heavy atom. The van der Waals surface area contributed by atoms with E-state index in [1.807, 2.05) is 38.1 Å². The molecule has 1 atom stereocenters. The van der Waals surface area contributed by atoms with Crippen molar-refractivity contribution in [2.75, 3.05) is 11.4 Å². The Balaban J connectivity index is 2.44. The van der Waals surface area contributed by atoms with Crippen molar-refractivity contribution in [3.05, 3.63) is 59.9 Å². The minimum absolute atomic E-state index is 0.244. The summed E-state index contributed by atoms with van der Waals surface area (Å²) in [4.78, 5) is 2.08. The van der Waals surface area contributed by atoms with Crippen LogP contribution in [0.25, 0.3) is 0 Å². The molecule has 0 saturated heterocycles. The number of rotatable bonds is 5. The summed E-state index contributed by atoms with van der Waals surface area (Å²) in [5.74, 6) is -0.244. The summed E-state index contributed by atoms with van der Waals surface area (Å²) in [7, 11) is 0. The average Bonchev–Trinajstić information content (AvgIpc) is 2.49. The normalized spacial score (nSPS) is 12.2. The molecule has 0 aliphatic heterocycles. The van der Waals surface area contributed by atoms with E-state index in [4.69, 9.17) is 0 Å². The summed E-state index contributed by atoms with van der Waals surface area (Å²) >= 11 is 0. The molecule has 20 heavy (non-hydrogen) atoms. The maximum absolute atomic E-state index is 13.1. The van der Waals surface area contributed by atoms with Crippen LogP contribution in [0.3, 0.4) is 0 Å². The van der Waals surface area contributed by atoms with E-state index < -0.39 is 6.10 Å². The monoisotopic (exact) mass is 273 g/mol. The van der Waals surface area contributed by atoms with Crippen LogP contribution in [-0.2, 0) is 0 Å². The zero-order chi connectivity index (χ0) is 14.5. The van der Waals surface area contributed by atoms with Gasteiger partial charge in [-0.05, 0) is 43.7 Å². The number of benzene rings is 2. The number of aliphatic hydroxyl groups is 1. The van der Waals surface area contributed by atoms with Crippen molar-refractivity contribution in [2.45, 2.75) is 26.4 Å². The lowest BCUT2D eigenvalue weighted by molar-refractivity contribution is 0.174. The average molecular weight is 273 g/mol. The second-order valence-electron chi connectivity index (χ2n) is 4.70. The predicted molar refractivity (Wildman–Crippen MR) is 80.8 cm³/mol. The molecule has 0 radical (unpaired) electrons. The van der Waals surface area contributed by atoms with Gasteiger partial charge in [0.15, 0.2) is 0 Å². The molecule has 2 aromatic rings. The third-order valence-corrected chi connectivity index (χ3v) is 3.43. The van der Waals surface area contributed by atoms with Crippen molar-refractivity contribution in [1.29, 1.82) is 0 Å². The smallest absolute Gasteiger partial charge is 0.123 e. The van der Waals surface area contributed by atoms with E-state index in [2.05, 4.69) is 4.90 Å². The molecular weight excluding hydrogens is 253 g/mol. The van der Waals surface area contributed by atoms with Crippen LogP contribution in [0.5, 0.6) is 0 Å². The van der Waals surface area contributed by atoms with Crippen molar-refractivity contribution in [3.63, 3.8) is 0 Å². The second-order valence-corrected chi connectivity index (χ2v) is 4.70. The Labute approximate surface area is 119 Å². The molecule has 0 bridgehead atoms. The van der Waals surface area contributed by atoms with Gasteiger partial charge in [-0.2, -0.15) is 0 Å². The van der Waals surface area contributed by atoms with Gasteiger partial charge < -0.3 is 10.0 Å². The largest absolute Gasteiger partial charge is 0.388 e. The fraction of sp³-hybridized carbons (Fsp3) is 0.294. The standard InChI is InChI=1S/C17H20FNO/c1-3-17(20)15-7-5-6-8-16(15)19(4-2)14-11-9-13(18)10-12-14/h5-12,17,20H,3-4H2,1-2H3/t17-/m1/s1. The molecule has 0 aliphatic rings. The highest BCUT2D eigenvalue weighted by molar-refractivity contribution is 5.66. The van der Waals surface area contributed by atoms with Crippen LogP contribution in [0.1, 0.15) is 31.9 Å². The van der Waals surface area contributed by atoms with Crippen molar-refractivity contribution < 1.29 is 9.50 Å². The third kappa shape index (κ3) is 2.99. The topological polar surface area (TPSA) is 23.5 Å². The van der Waals surface area contributed by atoms with Crippen molar-refractivity contribution in [1.82, 2.24) is 0 Å². The molecule has 0 unspecified atom stereocenters. The van der Waals surface area contributed by atoms with Gasteiger partial charge in [0.05, 0.1) is 6.10 Å². The quantitative estimate of drug-likeness (QED) is 0.871. The fourth-order valence-corrected chi connectivity index (χ4v) is 2.35. The number of nitrogens with zero attached hydrogens (tertiary/aromatic N) is 1. The van der Waals surface area contributed by atoms with Gasteiger partial charge in [0, 0.05) is 23.5 Å². The molecule has 0 aliphatic carbocycles. The lowest BCUT2D eigenvalue weighted by Gasteiger charge is -2.27. The summed E-state index contributed by atoms with van der Waals surface area (Å²) < 4.78 is 13.1. The maximum Gasteiger partial charge on any atom is 0.123 e. The van der Waals surface area contributed by atoms with E-state index in [-0.39, 0.29) is 5.82 Å². The van der Waals surface area contributed by atoms with Gasteiger partial charge in [0.1, 0.15) is 5.82 Å². The molecule has 106 valence electrons. The lowest BCUT2D eigenvalue weighted by Crippen LogP contribution is -2.18. The summed E-state index contributed by atoms with van der Waals surface area (Å²) in [6.45, 7) is 4.74. The molecule has 0 saturated carbocycles. The van der Waals surface area contributed by atoms with Crippen LogP contribution in [0.2, 0.25) is 0 Å². The third-order valence-electron chi connectivity index (χ3n) is 3.43. The van der Waals surface area contributed by atoms with Crippen molar-refractivity contribution in [2.24, 2.45) is 0 Å². The Morgan fingerprint density at radius 1 is 1.05 bits per heavy atom. The molecule has 0 amide bonds. The minimum Gasteiger partial charge on any atom is -0.388 e. The Hall–Kier alpha value is -1.87. The number of aliphatic hydroxyl groups excluding tert-OH is 1. The number of halogens is 1. The summed E-state index contributed by atoms with van der Waals surface area (Å²) in [6, 6.07) is 14.2. The van der Waals surface area contributed by atoms with E-state index in [0.29, 0.717) is 6.42 Å². The minimum atomic E-state index is -0.485. The molecule has 0 aromatic heterocycles. The van der Waals surface area contributed by atoms with Crippen molar-refractivity contribution >= 4 is 11.4 Å². The maximum atomic E-state index is 13.1. The molecular formula is C17H20FNO. The van der Waals surface area contributed by atoms with Gasteiger partial charge in [-0.1, -0.05) is 25.1 Å². The highest BCUT2D eigenvalue weighted by atomic mass is 19.1. The molecule has 0 fully saturated rings. The van der Waals surface area contributed by atoms with Crippen LogP contribution in [0.15, 0.2) is 48.5 Å². The first-order valence-corrected chi connectivity index (χ1v) is 6.97. The number of para-hydroxylation sites is 1. The van der Waals surface area contributed by atoms with Gasteiger partial charge in [-0.3, -0.25) is 0 Å². The first-order valence-electron chi connectivity index (χ1n) is 6.97. The molecule has 2 rings (SSSR count). The zero-order valence-corrected chi connectivity index (χ0v) is 11.9. The Morgan fingerprint density at radius 3 is 2.30 bits per heavy atom. The zero-order valence-electron chi connectivity index (χ0n) is 11.9. The highest BCUT2D eigenvalue weighted by Crippen LogP contribution is 2.32. The number of hydrogen-bond donors (Lipinski definition) is 1.